The van der Waals surface area contributed by atoms with E-state index >= 15 is 0 Å². The number of amides is 1. The largest absolute Gasteiger partial charge is 0.359 e. The lowest BCUT2D eigenvalue weighted by Crippen LogP contribution is -2.42. The van der Waals surface area contributed by atoms with Crippen molar-refractivity contribution in [3.05, 3.63) is 22.1 Å². The highest BCUT2D eigenvalue weighted by Gasteiger charge is 2.27. The van der Waals surface area contributed by atoms with Crippen LogP contribution >= 0.6 is 11.3 Å². The normalized spacial score (nSPS) is 19.0. The van der Waals surface area contributed by atoms with Gasteiger partial charge >= 0.3 is 0 Å². The summed E-state index contributed by atoms with van der Waals surface area (Å²) in [5.41, 5.74) is 0.525. The van der Waals surface area contributed by atoms with Gasteiger partial charge in [-0.05, 0) is 19.8 Å². The van der Waals surface area contributed by atoms with Gasteiger partial charge in [0.1, 0.15) is 0 Å². The van der Waals surface area contributed by atoms with Gasteiger partial charge in [0, 0.05) is 31.9 Å². The molecule has 1 saturated heterocycles. The van der Waals surface area contributed by atoms with Crippen LogP contribution in [0, 0.1) is 12.8 Å². The van der Waals surface area contributed by atoms with Gasteiger partial charge in [0.2, 0.25) is 16.0 Å². The molecule has 112 valence electrons. The fourth-order valence-electron chi connectivity index (χ4n) is 2.61. The van der Waals surface area contributed by atoms with Crippen molar-refractivity contribution in [1.82, 2.24) is 19.9 Å². The van der Waals surface area contributed by atoms with E-state index in [1.54, 1.807) is 14.0 Å². The highest BCUT2D eigenvalue weighted by Crippen LogP contribution is 2.26. The van der Waals surface area contributed by atoms with Crippen LogP contribution in [0.4, 0.5) is 5.13 Å². The van der Waals surface area contributed by atoms with Crippen LogP contribution in [0.25, 0.3) is 4.96 Å². The van der Waals surface area contributed by atoms with Crippen LogP contribution in [-0.4, -0.2) is 40.6 Å². The molecule has 1 aliphatic rings. The van der Waals surface area contributed by atoms with Gasteiger partial charge in [-0.15, -0.1) is 5.10 Å². The van der Waals surface area contributed by atoms with Crippen LogP contribution in [0.3, 0.4) is 0 Å². The van der Waals surface area contributed by atoms with Crippen LogP contribution in [-0.2, 0) is 4.79 Å². The number of rotatable bonds is 2. The lowest BCUT2D eigenvalue weighted by Gasteiger charge is -2.31. The maximum Gasteiger partial charge on any atom is 0.275 e. The fourth-order valence-corrected chi connectivity index (χ4v) is 3.59. The third-order valence-electron chi connectivity index (χ3n) is 3.67. The summed E-state index contributed by atoms with van der Waals surface area (Å²) in [6, 6.07) is 1.47. The smallest absolute Gasteiger partial charge is 0.275 e. The molecule has 0 bridgehead atoms. The minimum Gasteiger partial charge on any atom is -0.359 e. The zero-order valence-electron chi connectivity index (χ0n) is 12.0. The summed E-state index contributed by atoms with van der Waals surface area (Å²) in [4.78, 5) is 30.7. The van der Waals surface area contributed by atoms with Gasteiger partial charge in [0.05, 0.1) is 5.92 Å². The molecule has 0 radical (unpaired) electrons. The Bertz CT molecular complexity index is 738. The average molecular weight is 307 g/mol. The van der Waals surface area contributed by atoms with Crippen molar-refractivity contribution in [2.75, 3.05) is 25.0 Å². The Labute approximate surface area is 125 Å². The zero-order valence-corrected chi connectivity index (χ0v) is 12.8. The third kappa shape index (κ3) is 2.63. The lowest BCUT2D eigenvalue weighted by molar-refractivity contribution is -0.124. The molecule has 0 aliphatic carbocycles. The first-order valence-corrected chi connectivity index (χ1v) is 7.74. The molecule has 1 aliphatic heterocycles. The molecule has 1 fully saturated rings. The Morgan fingerprint density at radius 3 is 3.10 bits per heavy atom. The molecule has 0 spiro atoms. The standard InChI is InChI=1S/C13H17N5O2S/c1-8-6-10(19)18-12(15-8)21-13(16-18)17-5-3-4-9(7-17)11(20)14-2/h6,9H,3-5,7H2,1-2H3,(H,14,20)/t9-/m1/s1. The van der Waals surface area contributed by atoms with Crippen LogP contribution in [0.1, 0.15) is 18.5 Å². The van der Waals surface area contributed by atoms with E-state index in [4.69, 9.17) is 0 Å². The maximum atomic E-state index is 11.9. The quantitative estimate of drug-likeness (QED) is 0.870. The Morgan fingerprint density at radius 1 is 1.52 bits per heavy atom. The number of nitrogens with one attached hydrogen (secondary N) is 1. The van der Waals surface area contributed by atoms with E-state index in [2.05, 4.69) is 20.3 Å². The van der Waals surface area contributed by atoms with E-state index in [0.717, 1.165) is 24.5 Å². The number of hydrogen-bond donors (Lipinski definition) is 1. The topological polar surface area (TPSA) is 79.6 Å². The first kappa shape index (κ1) is 14.0. The molecule has 2 aromatic heterocycles. The monoisotopic (exact) mass is 307 g/mol. The predicted molar refractivity (Wildman–Crippen MR) is 80.9 cm³/mol. The van der Waals surface area contributed by atoms with Gasteiger partial charge in [0.25, 0.3) is 5.56 Å². The molecule has 0 unspecified atom stereocenters. The van der Waals surface area contributed by atoms with E-state index in [1.165, 1.54) is 21.9 Å². The van der Waals surface area contributed by atoms with Crippen molar-refractivity contribution in [3.63, 3.8) is 0 Å². The minimum atomic E-state index is -0.167. The second-order valence-corrected chi connectivity index (χ2v) is 6.15. The van der Waals surface area contributed by atoms with Gasteiger partial charge in [-0.2, -0.15) is 4.52 Å². The Hall–Kier alpha value is -1.96. The van der Waals surface area contributed by atoms with Gasteiger partial charge in [-0.25, -0.2) is 4.98 Å². The van der Waals surface area contributed by atoms with Crippen molar-refractivity contribution < 1.29 is 4.79 Å². The van der Waals surface area contributed by atoms with E-state index in [1.807, 2.05) is 0 Å². The molecule has 0 saturated carbocycles. The predicted octanol–water partition coefficient (Wildman–Crippen LogP) is 0.422. The zero-order chi connectivity index (χ0) is 15.0. The maximum absolute atomic E-state index is 11.9. The van der Waals surface area contributed by atoms with Crippen molar-refractivity contribution in [3.8, 4) is 0 Å². The summed E-state index contributed by atoms with van der Waals surface area (Å²) in [7, 11) is 1.66. The molecule has 3 heterocycles. The summed E-state index contributed by atoms with van der Waals surface area (Å²) in [6.45, 7) is 3.28. The number of carbonyl (C=O) groups is 1. The van der Waals surface area contributed by atoms with Gasteiger partial charge in [-0.1, -0.05) is 11.3 Å². The molecule has 3 rings (SSSR count). The van der Waals surface area contributed by atoms with Gasteiger partial charge in [-0.3, -0.25) is 9.59 Å². The highest BCUT2D eigenvalue weighted by molar-refractivity contribution is 7.20. The van der Waals surface area contributed by atoms with Crippen LogP contribution in [0.15, 0.2) is 10.9 Å². The summed E-state index contributed by atoms with van der Waals surface area (Å²) in [5, 5.41) is 7.80. The molecular weight excluding hydrogens is 290 g/mol. The summed E-state index contributed by atoms with van der Waals surface area (Å²) < 4.78 is 1.33. The second kappa shape index (κ2) is 5.44. The first-order chi connectivity index (χ1) is 10.1. The number of aryl methyl sites for hydroxylation is 1. The molecule has 1 amide bonds. The van der Waals surface area contributed by atoms with Crippen molar-refractivity contribution in [1.29, 1.82) is 0 Å². The molecule has 21 heavy (non-hydrogen) atoms. The average Bonchev–Trinajstić information content (AvgIpc) is 2.91. The SMILES string of the molecule is CNC(=O)[C@@H]1CCCN(c2nn3c(=O)cc(C)nc3s2)C1. The summed E-state index contributed by atoms with van der Waals surface area (Å²) in [6.07, 6.45) is 1.83. The lowest BCUT2D eigenvalue weighted by atomic mass is 9.98. The van der Waals surface area contributed by atoms with Crippen LogP contribution in [0.5, 0.6) is 0 Å². The van der Waals surface area contributed by atoms with E-state index in [0.29, 0.717) is 17.2 Å². The molecule has 1 N–H and O–H groups in total. The fraction of sp³-hybridized carbons (Fsp3) is 0.538. The van der Waals surface area contributed by atoms with Gasteiger partial charge in [0.15, 0.2) is 0 Å². The highest BCUT2D eigenvalue weighted by atomic mass is 32.1. The third-order valence-corrected chi connectivity index (χ3v) is 4.64. The van der Waals surface area contributed by atoms with E-state index in [-0.39, 0.29) is 17.4 Å². The number of piperidine rings is 1. The number of aromatic nitrogens is 3. The van der Waals surface area contributed by atoms with Crippen LogP contribution < -0.4 is 15.8 Å². The Balaban J connectivity index is 1.91. The minimum absolute atomic E-state index is 0.0258. The molecular formula is C13H17N5O2S. The number of carbonyl (C=O) groups excluding carboxylic acids is 1. The number of fused-ring (bicyclic) bond motifs is 1. The number of nitrogens with zero attached hydrogens (tertiary/aromatic N) is 4. The Morgan fingerprint density at radius 2 is 2.33 bits per heavy atom. The van der Waals surface area contributed by atoms with E-state index in [9.17, 15) is 9.59 Å². The van der Waals surface area contributed by atoms with Crippen molar-refractivity contribution >= 4 is 27.3 Å². The Kier molecular flexibility index (Phi) is 3.62. The molecule has 1 atom stereocenters. The first-order valence-electron chi connectivity index (χ1n) is 6.92. The number of hydrogen-bond acceptors (Lipinski definition) is 6. The number of anilines is 1. The van der Waals surface area contributed by atoms with Crippen LogP contribution in [0.2, 0.25) is 0 Å². The van der Waals surface area contributed by atoms with E-state index < -0.39 is 0 Å². The van der Waals surface area contributed by atoms with Crippen molar-refractivity contribution in [2.24, 2.45) is 5.92 Å². The summed E-state index contributed by atoms with van der Waals surface area (Å²) >= 11 is 1.39. The molecule has 0 aromatic carbocycles. The second-order valence-electron chi connectivity index (χ2n) is 5.21. The van der Waals surface area contributed by atoms with Crippen molar-refractivity contribution in [2.45, 2.75) is 19.8 Å². The molecule has 8 heteroatoms. The molecule has 7 nitrogen and oxygen atoms in total. The summed E-state index contributed by atoms with van der Waals surface area (Å²) in [5.74, 6) is 0.0362. The molecule has 2 aromatic rings. The van der Waals surface area contributed by atoms with Gasteiger partial charge < -0.3 is 10.2 Å².